The van der Waals surface area contributed by atoms with Crippen molar-refractivity contribution in [3.05, 3.63) is 131 Å². The molecule has 2 aliphatic heterocycles. The lowest BCUT2D eigenvalue weighted by Crippen LogP contribution is -2.17. The Balaban J connectivity index is 1.16. The van der Waals surface area contributed by atoms with Gasteiger partial charge in [0.2, 0.25) is 0 Å². The van der Waals surface area contributed by atoms with Crippen LogP contribution >= 0.6 is 0 Å². The summed E-state index contributed by atoms with van der Waals surface area (Å²) in [5.41, 5.74) is 4.17. The minimum absolute atomic E-state index is 0.224. The summed E-state index contributed by atoms with van der Waals surface area (Å²) in [6.07, 6.45) is 3.70. The van der Waals surface area contributed by atoms with Crippen LogP contribution in [0.5, 0.6) is 0 Å². The van der Waals surface area contributed by atoms with E-state index in [9.17, 15) is 4.79 Å². The van der Waals surface area contributed by atoms with Crippen molar-refractivity contribution >= 4 is 61.0 Å². The van der Waals surface area contributed by atoms with Crippen LogP contribution < -0.4 is 0 Å². The van der Waals surface area contributed by atoms with Crippen LogP contribution in [0.15, 0.2) is 109 Å². The third-order valence-electron chi connectivity index (χ3n) is 7.71. The Morgan fingerprint density at radius 2 is 0.842 bits per heavy atom. The van der Waals surface area contributed by atoms with Crippen LogP contribution in [0, 0.1) is 0 Å². The second-order valence-electron chi connectivity index (χ2n) is 10.1. The standard InChI is InChI=1S/C35H22O3/c36-35(33-17-29-13-25-9-21-5-1-3-7-23(21)11-27(25)15-31(29)19-37-33)34-18-30-14-26-10-22-6-2-4-8-24(22)12-28(26)16-32(30)20-38-34/h1-18H,19-20H2. The van der Waals surface area contributed by atoms with Crippen LogP contribution in [0.1, 0.15) is 22.3 Å². The van der Waals surface area contributed by atoms with E-state index in [0.717, 1.165) is 33.0 Å². The van der Waals surface area contributed by atoms with Crippen molar-refractivity contribution in [1.29, 1.82) is 0 Å². The smallest absolute Gasteiger partial charge is 0.262 e. The zero-order valence-corrected chi connectivity index (χ0v) is 20.5. The van der Waals surface area contributed by atoms with E-state index in [-0.39, 0.29) is 5.78 Å². The molecule has 0 aromatic heterocycles. The van der Waals surface area contributed by atoms with Gasteiger partial charge in [0.1, 0.15) is 13.2 Å². The molecule has 2 heterocycles. The largest absolute Gasteiger partial charge is 0.485 e. The van der Waals surface area contributed by atoms with Gasteiger partial charge in [-0.2, -0.15) is 0 Å². The summed E-state index contributed by atoms with van der Waals surface area (Å²) in [5, 5.41) is 9.46. The zero-order valence-electron chi connectivity index (χ0n) is 20.5. The third-order valence-corrected chi connectivity index (χ3v) is 7.71. The molecule has 6 aromatic carbocycles. The summed E-state index contributed by atoms with van der Waals surface area (Å²) in [6, 6.07) is 34.2. The first-order chi connectivity index (χ1) is 18.7. The predicted molar refractivity (Wildman–Crippen MR) is 153 cm³/mol. The maximum Gasteiger partial charge on any atom is 0.262 e. The number of ether oxygens (including phenoxy) is 2. The van der Waals surface area contributed by atoms with E-state index in [0.29, 0.717) is 24.7 Å². The summed E-state index contributed by atoms with van der Waals surface area (Å²) < 4.78 is 11.9. The van der Waals surface area contributed by atoms with Gasteiger partial charge in [-0.25, -0.2) is 0 Å². The molecule has 0 saturated heterocycles. The van der Waals surface area contributed by atoms with Crippen molar-refractivity contribution in [2.75, 3.05) is 0 Å². The van der Waals surface area contributed by atoms with E-state index in [1.165, 1.54) is 32.3 Å². The molecule has 0 amide bonds. The molecule has 0 atom stereocenters. The number of rotatable bonds is 2. The molecule has 3 heteroatoms. The number of hydrogen-bond donors (Lipinski definition) is 0. The summed E-state index contributed by atoms with van der Waals surface area (Å²) in [6.45, 7) is 0.717. The molecule has 0 fully saturated rings. The number of hydrogen-bond acceptors (Lipinski definition) is 3. The Hall–Kier alpha value is -4.89. The average Bonchev–Trinajstić information content (AvgIpc) is 2.95. The Morgan fingerprint density at radius 3 is 1.24 bits per heavy atom. The van der Waals surface area contributed by atoms with Crippen LogP contribution in [-0.2, 0) is 27.5 Å². The molecule has 0 bridgehead atoms. The second-order valence-corrected chi connectivity index (χ2v) is 10.1. The van der Waals surface area contributed by atoms with Gasteiger partial charge in [0.05, 0.1) is 0 Å². The number of carbonyl (C=O) groups is 1. The van der Waals surface area contributed by atoms with Gasteiger partial charge in [0.15, 0.2) is 11.5 Å². The van der Waals surface area contributed by atoms with Gasteiger partial charge in [-0.15, -0.1) is 0 Å². The van der Waals surface area contributed by atoms with Gasteiger partial charge in [-0.1, -0.05) is 48.5 Å². The fourth-order valence-corrected chi connectivity index (χ4v) is 5.69. The highest BCUT2D eigenvalue weighted by atomic mass is 16.5. The highest BCUT2D eigenvalue weighted by Gasteiger charge is 2.25. The predicted octanol–water partition coefficient (Wildman–Crippen LogP) is 8.31. The Labute approximate surface area is 219 Å². The van der Waals surface area contributed by atoms with Gasteiger partial charge >= 0.3 is 0 Å². The fraction of sp³-hybridized carbons (Fsp3) is 0.0571. The van der Waals surface area contributed by atoms with Crippen molar-refractivity contribution in [3.63, 3.8) is 0 Å². The number of Topliss-reactive ketones (excluding diaryl/α,β-unsaturated/α-hetero) is 1. The quantitative estimate of drug-likeness (QED) is 0.229. The number of ketones is 1. The van der Waals surface area contributed by atoms with Crippen LogP contribution in [0.3, 0.4) is 0 Å². The number of fused-ring (bicyclic) bond motifs is 6. The molecule has 6 aromatic rings. The Kier molecular flexibility index (Phi) is 4.50. The van der Waals surface area contributed by atoms with Gasteiger partial charge in [0, 0.05) is 0 Å². The second kappa shape index (κ2) is 8.06. The highest BCUT2D eigenvalue weighted by molar-refractivity contribution is 6.12. The van der Waals surface area contributed by atoms with Gasteiger partial charge < -0.3 is 9.47 Å². The number of carbonyl (C=O) groups excluding carboxylic acids is 1. The molecule has 0 unspecified atom stereocenters. The SMILES string of the molecule is O=C(C1=Cc2cc3cc4ccccc4cc3cc2CO1)C1=Cc2cc3cc4ccccc4cc3cc2CO1. The van der Waals surface area contributed by atoms with Crippen molar-refractivity contribution in [2.24, 2.45) is 0 Å². The molecular weight excluding hydrogens is 468 g/mol. The van der Waals surface area contributed by atoms with Gasteiger partial charge in [-0.05, 0) is 126 Å². The Morgan fingerprint density at radius 1 is 0.474 bits per heavy atom. The lowest BCUT2D eigenvalue weighted by molar-refractivity contribution is -0.119. The van der Waals surface area contributed by atoms with Crippen LogP contribution in [0.2, 0.25) is 0 Å². The van der Waals surface area contributed by atoms with E-state index >= 15 is 0 Å². The molecule has 0 N–H and O–H groups in total. The van der Waals surface area contributed by atoms with Gasteiger partial charge in [-0.3, -0.25) is 4.79 Å². The summed E-state index contributed by atoms with van der Waals surface area (Å²) in [7, 11) is 0. The van der Waals surface area contributed by atoms with Crippen LogP contribution in [0.25, 0.3) is 55.2 Å². The number of benzene rings is 6. The minimum Gasteiger partial charge on any atom is -0.485 e. The molecule has 38 heavy (non-hydrogen) atoms. The highest BCUT2D eigenvalue weighted by Crippen LogP contribution is 2.34. The molecule has 2 aliphatic rings. The average molecular weight is 491 g/mol. The van der Waals surface area contributed by atoms with Crippen molar-refractivity contribution < 1.29 is 14.3 Å². The normalized spacial score (nSPS) is 14.4. The first-order valence-corrected chi connectivity index (χ1v) is 12.8. The summed E-state index contributed by atoms with van der Waals surface area (Å²) >= 11 is 0. The first-order valence-electron chi connectivity index (χ1n) is 12.8. The molecule has 8 rings (SSSR count). The maximum absolute atomic E-state index is 13.5. The molecule has 0 spiro atoms. The van der Waals surface area contributed by atoms with E-state index in [1.807, 2.05) is 12.2 Å². The van der Waals surface area contributed by atoms with E-state index in [1.54, 1.807) is 0 Å². The lowest BCUT2D eigenvalue weighted by Gasteiger charge is -2.22. The molecular formula is C35H22O3. The summed E-state index contributed by atoms with van der Waals surface area (Å²) in [5.74, 6) is 0.414. The first kappa shape index (κ1) is 21.2. The van der Waals surface area contributed by atoms with Crippen molar-refractivity contribution in [2.45, 2.75) is 13.2 Å². The third kappa shape index (κ3) is 3.40. The van der Waals surface area contributed by atoms with Crippen LogP contribution in [0.4, 0.5) is 0 Å². The lowest BCUT2D eigenvalue weighted by atomic mass is 9.95. The van der Waals surface area contributed by atoms with Crippen LogP contribution in [-0.4, -0.2) is 5.78 Å². The molecule has 0 saturated carbocycles. The topological polar surface area (TPSA) is 35.5 Å². The molecule has 0 radical (unpaired) electrons. The molecule has 3 nitrogen and oxygen atoms in total. The monoisotopic (exact) mass is 490 g/mol. The van der Waals surface area contributed by atoms with Gasteiger partial charge in [0.25, 0.3) is 5.78 Å². The van der Waals surface area contributed by atoms with E-state index in [2.05, 4.69) is 97.1 Å². The Bertz CT molecular complexity index is 1900. The van der Waals surface area contributed by atoms with E-state index < -0.39 is 0 Å². The fourth-order valence-electron chi connectivity index (χ4n) is 5.69. The van der Waals surface area contributed by atoms with Crippen molar-refractivity contribution in [3.8, 4) is 0 Å². The molecule has 0 aliphatic carbocycles. The minimum atomic E-state index is -0.224. The van der Waals surface area contributed by atoms with E-state index in [4.69, 9.17) is 9.47 Å². The molecule has 180 valence electrons. The zero-order chi connectivity index (χ0) is 25.2. The summed E-state index contributed by atoms with van der Waals surface area (Å²) in [4.78, 5) is 13.5. The maximum atomic E-state index is 13.5. The van der Waals surface area contributed by atoms with Crippen molar-refractivity contribution in [1.82, 2.24) is 0 Å².